The molecule has 18 heavy (non-hydrogen) atoms. The molecule has 1 amide bonds. The molecule has 0 unspecified atom stereocenters. The summed E-state index contributed by atoms with van der Waals surface area (Å²) >= 11 is 0. The van der Waals surface area contributed by atoms with E-state index in [1.165, 1.54) is 0 Å². The van der Waals surface area contributed by atoms with Gasteiger partial charge in [0.05, 0.1) is 0 Å². The number of hydrogen-bond donors (Lipinski definition) is 2. The van der Waals surface area contributed by atoms with E-state index in [1.54, 1.807) is 6.07 Å². The maximum atomic E-state index is 12.4. The van der Waals surface area contributed by atoms with Crippen LogP contribution in [0.1, 0.15) is 42.7 Å². The second-order valence-corrected chi connectivity index (χ2v) is 4.55. The molecule has 0 atom stereocenters. The quantitative estimate of drug-likeness (QED) is 0.612. The number of hydrogen-bond acceptors (Lipinski definition) is 4. The van der Waals surface area contributed by atoms with Crippen molar-refractivity contribution in [2.45, 2.75) is 39.2 Å². The van der Waals surface area contributed by atoms with Gasteiger partial charge >= 0.3 is 0 Å². The first kappa shape index (κ1) is 12.8. The van der Waals surface area contributed by atoms with Crippen molar-refractivity contribution >= 4 is 11.7 Å². The number of pyridine rings is 1. The molecule has 5 nitrogen and oxygen atoms in total. The smallest absolute Gasteiger partial charge is 0.254 e. The Balaban J connectivity index is 2.27. The first-order valence-electron chi connectivity index (χ1n) is 6.48. The largest absolute Gasteiger partial charge is 0.336 e. The van der Waals surface area contributed by atoms with Gasteiger partial charge in [-0.2, -0.15) is 0 Å². The fourth-order valence-electron chi connectivity index (χ4n) is 2.09. The number of aryl methyl sites for hydroxylation is 1. The first-order chi connectivity index (χ1) is 8.69. The van der Waals surface area contributed by atoms with E-state index in [-0.39, 0.29) is 5.91 Å². The molecule has 0 bridgehead atoms. The molecule has 1 aliphatic rings. The van der Waals surface area contributed by atoms with Gasteiger partial charge < -0.3 is 10.3 Å². The van der Waals surface area contributed by atoms with Gasteiger partial charge in [-0.05, 0) is 38.3 Å². The van der Waals surface area contributed by atoms with Crippen molar-refractivity contribution in [2.75, 3.05) is 12.0 Å². The summed E-state index contributed by atoms with van der Waals surface area (Å²) in [6, 6.07) is 4.00. The highest BCUT2D eigenvalue weighted by Crippen LogP contribution is 2.28. The van der Waals surface area contributed by atoms with Crippen LogP contribution in [0.5, 0.6) is 0 Å². The molecule has 1 aliphatic carbocycles. The number of nitrogen functional groups attached to an aromatic ring is 1. The molecule has 0 radical (unpaired) electrons. The Bertz CT molecular complexity index is 420. The van der Waals surface area contributed by atoms with Crippen LogP contribution in [0.25, 0.3) is 0 Å². The molecule has 0 aromatic carbocycles. The van der Waals surface area contributed by atoms with Crippen molar-refractivity contribution in [1.29, 1.82) is 0 Å². The zero-order valence-electron chi connectivity index (χ0n) is 10.9. The van der Waals surface area contributed by atoms with E-state index in [0.717, 1.165) is 31.5 Å². The molecule has 5 heteroatoms. The van der Waals surface area contributed by atoms with Gasteiger partial charge in [0, 0.05) is 23.8 Å². The minimum Gasteiger partial charge on any atom is -0.336 e. The van der Waals surface area contributed by atoms with Crippen LogP contribution in [0.2, 0.25) is 0 Å². The minimum atomic E-state index is 0.0774. The predicted molar refractivity (Wildman–Crippen MR) is 71.2 cm³/mol. The normalized spacial score (nSPS) is 14.4. The van der Waals surface area contributed by atoms with Gasteiger partial charge in [-0.1, -0.05) is 6.92 Å². The zero-order chi connectivity index (χ0) is 13.1. The number of carbonyl (C=O) groups excluding carboxylic acids is 1. The summed E-state index contributed by atoms with van der Waals surface area (Å²) in [6.07, 6.45) is 3.02. The Labute approximate surface area is 107 Å². The van der Waals surface area contributed by atoms with E-state index in [2.05, 4.69) is 10.4 Å². The number of carbonyl (C=O) groups is 1. The second-order valence-electron chi connectivity index (χ2n) is 4.55. The van der Waals surface area contributed by atoms with Crippen LogP contribution < -0.4 is 11.3 Å². The Morgan fingerprint density at radius 2 is 2.22 bits per heavy atom. The molecule has 2 rings (SSSR count). The zero-order valence-corrected chi connectivity index (χ0v) is 10.9. The van der Waals surface area contributed by atoms with Crippen LogP contribution in [-0.4, -0.2) is 28.4 Å². The van der Waals surface area contributed by atoms with Crippen LogP contribution in [0.15, 0.2) is 12.1 Å². The third-order valence-electron chi connectivity index (χ3n) is 3.22. The molecule has 0 saturated heterocycles. The molecule has 1 aromatic heterocycles. The highest BCUT2D eigenvalue weighted by molar-refractivity contribution is 5.95. The maximum Gasteiger partial charge on any atom is 0.254 e. The number of nitrogens with two attached hydrogens (primary N) is 1. The van der Waals surface area contributed by atoms with Gasteiger partial charge in [0.25, 0.3) is 5.91 Å². The fourth-order valence-corrected chi connectivity index (χ4v) is 2.09. The maximum absolute atomic E-state index is 12.4. The van der Waals surface area contributed by atoms with Crippen LogP contribution in [0.3, 0.4) is 0 Å². The van der Waals surface area contributed by atoms with Gasteiger partial charge in [-0.25, -0.2) is 10.8 Å². The fraction of sp³-hybridized carbons (Fsp3) is 0.538. The lowest BCUT2D eigenvalue weighted by molar-refractivity contribution is 0.0752. The monoisotopic (exact) mass is 248 g/mol. The van der Waals surface area contributed by atoms with Crippen molar-refractivity contribution in [3.05, 3.63) is 23.4 Å². The molecule has 1 aromatic rings. The van der Waals surface area contributed by atoms with Gasteiger partial charge in [-0.3, -0.25) is 4.79 Å². The summed E-state index contributed by atoms with van der Waals surface area (Å²) < 4.78 is 0. The Hall–Kier alpha value is -1.62. The Morgan fingerprint density at radius 1 is 1.50 bits per heavy atom. The summed E-state index contributed by atoms with van der Waals surface area (Å²) in [6.45, 7) is 4.77. The number of aromatic nitrogens is 1. The summed E-state index contributed by atoms with van der Waals surface area (Å²) in [4.78, 5) is 18.6. The van der Waals surface area contributed by atoms with Crippen molar-refractivity contribution in [1.82, 2.24) is 9.88 Å². The number of anilines is 1. The standard InChI is InChI=1S/C13H20N4O/c1-3-10-7-9(8-12(15-10)16-14)13(18)17(4-2)11-5-6-11/h7-8,11H,3-6,14H2,1-2H3,(H,15,16). The molecule has 98 valence electrons. The van der Waals surface area contributed by atoms with Crippen molar-refractivity contribution < 1.29 is 4.79 Å². The Morgan fingerprint density at radius 3 is 2.72 bits per heavy atom. The van der Waals surface area contributed by atoms with E-state index in [0.29, 0.717) is 17.4 Å². The number of nitrogens with zero attached hydrogens (tertiary/aromatic N) is 2. The molecular formula is C13H20N4O. The van der Waals surface area contributed by atoms with E-state index in [9.17, 15) is 4.79 Å². The highest BCUT2D eigenvalue weighted by atomic mass is 16.2. The first-order valence-corrected chi connectivity index (χ1v) is 6.48. The summed E-state index contributed by atoms with van der Waals surface area (Å²) in [7, 11) is 0. The number of rotatable bonds is 5. The van der Waals surface area contributed by atoms with Crippen molar-refractivity contribution in [3.63, 3.8) is 0 Å². The van der Waals surface area contributed by atoms with E-state index in [4.69, 9.17) is 5.84 Å². The molecule has 0 aliphatic heterocycles. The average molecular weight is 248 g/mol. The van der Waals surface area contributed by atoms with E-state index in [1.807, 2.05) is 24.8 Å². The lowest BCUT2D eigenvalue weighted by Gasteiger charge is -2.20. The predicted octanol–water partition coefficient (Wildman–Crippen LogP) is 1.55. The summed E-state index contributed by atoms with van der Waals surface area (Å²) in [5.74, 6) is 6.01. The summed E-state index contributed by atoms with van der Waals surface area (Å²) in [5.41, 5.74) is 4.06. The third-order valence-corrected chi connectivity index (χ3v) is 3.22. The van der Waals surface area contributed by atoms with Gasteiger partial charge in [0.15, 0.2) is 0 Å². The van der Waals surface area contributed by atoms with E-state index >= 15 is 0 Å². The number of nitrogens with one attached hydrogen (secondary N) is 1. The van der Waals surface area contributed by atoms with Crippen LogP contribution in [-0.2, 0) is 6.42 Å². The van der Waals surface area contributed by atoms with Crippen LogP contribution in [0, 0.1) is 0 Å². The number of hydrazine groups is 1. The van der Waals surface area contributed by atoms with Gasteiger partial charge in [0.1, 0.15) is 5.82 Å². The third kappa shape index (κ3) is 2.61. The van der Waals surface area contributed by atoms with Gasteiger partial charge in [-0.15, -0.1) is 0 Å². The van der Waals surface area contributed by atoms with Crippen molar-refractivity contribution in [2.24, 2.45) is 5.84 Å². The minimum absolute atomic E-state index is 0.0774. The molecule has 1 heterocycles. The molecule has 0 spiro atoms. The lowest BCUT2D eigenvalue weighted by atomic mass is 10.1. The number of amides is 1. The molecule has 1 fully saturated rings. The van der Waals surface area contributed by atoms with Crippen LogP contribution >= 0.6 is 0 Å². The Kier molecular flexibility index (Phi) is 3.81. The SMILES string of the molecule is CCc1cc(C(=O)N(CC)C2CC2)cc(NN)n1. The second kappa shape index (κ2) is 5.35. The van der Waals surface area contributed by atoms with Crippen LogP contribution in [0.4, 0.5) is 5.82 Å². The average Bonchev–Trinajstić information content (AvgIpc) is 3.23. The van der Waals surface area contributed by atoms with Crippen molar-refractivity contribution in [3.8, 4) is 0 Å². The lowest BCUT2D eigenvalue weighted by Crippen LogP contribution is -2.33. The molecule has 3 N–H and O–H groups in total. The summed E-state index contributed by atoms with van der Waals surface area (Å²) in [5, 5.41) is 0. The van der Waals surface area contributed by atoms with E-state index < -0.39 is 0 Å². The molecule has 1 saturated carbocycles. The van der Waals surface area contributed by atoms with Gasteiger partial charge in [0.2, 0.25) is 0 Å². The highest BCUT2D eigenvalue weighted by Gasteiger charge is 2.32. The topological polar surface area (TPSA) is 71.2 Å². The molecular weight excluding hydrogens is 228 g/mol.